The molecule has 1 aromatic rings. The van der Waals surface area contributed by atoms with Crippen molar-refractivity contribution in [2.45, 2.75) is 104 Å². The fourth-order valence-electron chi connectivity index (χ4n) is 8.00. The van der Waals surface area contributed by atoms with Crippen LogP contribution in [0.3, 0.4) is 0 Å². The molecule has 2 heteroatoms. The Kier molecular flexibility index (Phi) is 6.58. The summed E-state index contributed by atoms with van der Waals surface area (Å²) < 4.78 is 0. The molecule has 158 valence electrons. The second-order valence-electron chi connectivity index (χ2n) is 12.5. The van der Waals surface area contributed by atoms with E-state index in [-0.39, 0.29) is 46.5 Å². The van der Waals surface area contributed by atoms with E-state index in [4.69, 9.17) is 0 Å². The van der Waals surface area contributed by atoms with Crippen molar-refractivity contribution in [2.24, 2.45) is 5.41 Å². The van der Waals surface area contributed by atoms with Gasteiger partial charge < -0.3 is 0 Å². The third-order valence-electron chi connectivity index (χ3n) is 7.05. The van der Waals surface area contributed by atoms with Gasteiger partial charge in [-0.15, -0.1) is 0 Å². The van der Waals surface area contributed by atoms with Crippen molar-refractivity contribution in [3.8, 4) is 0 Å². The Bertz CT molecular complexity index is 666. The molecule has 1 unspecified atom stereocenters. The smallest absolute Gasteiger partial charge is 0 e. The van der Waals surface area contributed by atoms with Gasteiger partial charge in [0.1, 0.15) is 0 Å². The van der Waals surface area contributed by atoms with E-state index in [0.717, 1.165) is 0 Å². The van der Waals surface area contributed by atoms with Crippen LogP contribution in [0.25, 0.3) is 6.08 Å². The largest absolute Gasteiger partial charge is 0 e. The molecule has 0 saturated heterocycles. The van der Waals surface area contributed by atoms with E-state index in [9.17, 15) is 0 Å². The summed E-state index contributed by atoms with van der Waals surface area (Å²) in [5, 5.41) is 0.834. The van der Waals surface area contributed by atoms with E-state index in [1.807, 2.05) is 0 Å². The predicted octanol–water partition coefficient (Wildman–Crippen LogP) is 8.10. The van der Waals surface area contributed by atoms with Crippen molar-refractivity contribution in [1.29, 1.82) is 0 Å². The monoisotopic (exact) mass is 480 g/mol. The molecular weight excluding hydrogens is 438 g/mol. The second-order valence-corrected chi connectivity index (χ2v) is 19.3. The van der Waals surface area contributed by atoms with Crippen LogP contribution >= 0.6 is 7.26 Å². The van der Waals surface area contributed by atoms with Crippen LogP contribution in [0.1, 0.15) is 94.2 Å². The van der Waals surface area contributed by atoms with Crippen LogP contribution < -0.4 is 0 Å². The Labute approximate surface area is 184 Å². The molecule has 0 bridgehead atoms. The van der Waals surface area contributed by atoms with E-state index >= 15 is 0 Å². The molecule has 0 fully saturated rings. The molecule has 0 aliphatic heterocycles. The number of hydrogen-bond donors (Lipinski definition) is 0. The van der Waals surface area contributed by atoms with Gasteiger partial charge in [-0.3, -0.25) is 0 Å². The van der Waals surface area contributed by atoms with Crippen LogP contribution in [0.2, 0.25) is 0 Å². The van der Waals surface area contributed by atoms with Crippen LogP contribution in [0.15, 0.2) is 30.3 Å². The van der Waals surface area contributed by atoms with E-state index < -0.39 is 7.26 Å². The molecule has 1 aromatic carbocycles. The van der Waals surface area contributed by atoms with Crippen LogP contribution in [-0.2, 0) is 25.6 Å². The zero-order valence-electron chi connectivity index (χ0n) is 19.8. The molecule has 0 amide bonds. The molecule has 0 spiro atoms. The first-order valence-electron chi connectivity index (χ1n) is 10.2. The van der Waals surface area contributed by atoms with E-state index in [1.165, 1.54) is 5.56 Å². The molecule has 0 nitrogen and oxygen atoms in total. The van der Waals surface area contributed by atoms with Gasteiger partial charge in [-0.25, -0.2) is 0 Å². The minimum absolute atomic E-state index is 0. The van der Waals surface area contributed by atoms with Crippen LogP contribution in [0, 0.1) is 5.41 Å². The van der Waals surface area contributed by atoms with Crippen LogP contribution in [0.4, 0.5) is 0 Å². The molecule has 27 heavy (non-hydrogen) atoms. The number of hydrogen-bond acceptors (Lipinski definition) is 0. The minimum Gasteiger partial charge on any atom is 0 e. The summed E-state index contributed by atoms with van der Waals surface area (Å²) in [5.41, 5.74) is 3.15. The molecule has 1 aliphatic rings. The molecule has 0 radical (unpaired) electrons. The van der Waals surface area contributed by atoms with Crippen molar-refractivity contribution in [3.05, 3.63) is 41.5 Å². The van der Waals surface area contributed by atoms with Crippen molar-refractivity contribution in [3.63, 3.8) is 0 Å². The van der Waals surface area contributed by atoms with Crippen molar-refractivity contribution >= 4 is 13.3 Å². The van der Waals surface area contributed by atoms with Crippen LogP contribution in [-0.4, -0.2) is 15.5 Å². The molecule has 1 atom stereocenters. The Balaban J connectivity index is 0.00000364. The summed E-state index contributed by atoms with van der Waals surface area (Å²) in [5.74, 6) is 0. The number of benzene rings is 1. The van der Waals surface area contributed by atoms with Gasteiger partial charge in [-0.2, -0.15) is 0 Å². The van der Waals surface area contributed by atoms with E-state index in [0.29, 0.717) is 0 Å². The summed E-state index contributed by atoms with van der Waals surface area (Å²) in [6, 6.07) is 9.17. The van der Waals surface area contributed by atoms with Gasteiger partial charge in [-0.1, -0.05) is 0 Å². The van der Waals surface area contributed by atoms with Gasteiger partial charge in [0.05, 0.1) is 0 Å². The normalized spacial score (nSPS) is 21.6. The van der Waals surface area contributed by atoms with Gasteiger partial charge >= 0.3 is 164 Å². The molecule has 0 heterocycles. The third-order valence-corrected chi connectivity index (χ3v) is 16.2. The van der Waals surface area contributed by atoms with Crippen LogP contribution in [0.5, 0.6) is 0 Å². The maximum atomic E-state index is 2.63. The van der Waals surface area contributed by atoms with E-state index in [1.54, 1.807) is 5.56 Å². The summed E-state index contributed by atoms with van der Waals surface area (Å²) >= 11 is 0. The first kappa shape index (κ1) is 25.1. The topological polar surface area (TPSA) is 0 Å². The Morgan fingerprint density at radius 1 is 0.667 bits per heavy atom. The van der Waals surface area contributed by atoms with Crippen molar-refractivity contribution in [2.75, 3.05) is 0 Å². The summed E-state index contributed by atoms with van der Waals surface area (Å²) in [7, 11) is -2.09. The first-order valence-corrected chi connectivity index (χ1v) is 12.2. The van der Waals surface area contributed by atoms with Gasteiger partial charge in [0.2, 0.25) is 0 Å². The molecule has 0 saturated carbocycles. The molecular formula is C25H43PPd. The van der Waals surface area contributed by atoms with Crippen molar-refractivity contribution in [1.82, 2.24) is 0 Å². The van der Waals surface area contributed by atoms with Gasteiger partial charge in [0, 0.05) is 20.4 Å². The fraction of sp³-hybridized carbons (Fsp3) is 0.680. The van der Waals surface area contributed by atoms with Gasteiger partial charge in [0.25, 0.3) is 0 Å². The third kappa shape index (κ3) is 3.25. The van der Waals surface area contributed by atoms with Gasteiger partial charge in [0.15, 0.2) is 0 Å². The Morgan fingerprint density at radius 2 is 1.07 bits per heavy atom. The standard InChI is InChI=1S/C25H43P.Pd/c1-21(2,3)25(18-17-19-15-13-14-16-20(19)25)26(22(4,5)6,23(7,8)9)24(10,11)12;/h13-18,26H,1-12H3;. The average Bonchev–Trinajstić information content (AvgIpc) is 2.75. The quantitative estimate of drug-likeness (QED) is 0.281. The molecule has 2 rings (SSSR count). The fourth-order valence-corrected chi connectivity index (χ4v) is 20.4. The maximum Gasteiger partial charge on any atom is 0 e. The average molecular weight is 481 g/mol. The summed E-state index contributed by atoms with van der Waals surface area (Å²) in [4.78, 5) is 0. The zero-order valence-corrected chi connectivity index (χ0v) is 22.3. The zero-order chi connectivity index (χ0) is 20.4. The molecule has 1 aliphatic carbocycles. The number of allylic oxidation sites excluding steroid dienone is 1. The van der Waals surface area contributed by atoms with Crippen molar-refractivity contribution < 1.29 is 20.4 Å². The SMILES string of the molecule is CC(C)(C)C1([PH](C(C)(C)C)(C(C)(C)C)C(C)(C)C)C=Cc2ccccc21.[Pd]. The van der Waals surface area contributed by atoms with Gasteiger partial charge in [-0.05, 0) is 0 Å². The summed E-state index contributed by atoms with van der Waals surface area (Å²) in [6.07, 6.45) is 5.05. The Hall–Kier alpha value is 0.0523. The minimum atomic E-state index is -2.09. The molecule has 0 N–H and O–H groups in total. The number of rotatable bonds is 1. The van der Waals surface area contributed by atoms with E-state index in [2.05, 4.69) is 120 Å². The second kappa shape index (κ2) is 7.08. The Morgan fingerprint density at radius 3 is 1.44 bits per heavy atom. The number of fused-ring (bicyclic) bond motifs is 1. The molecule has 0 aromatic heterocycles. The summed E-state index contributed by atoms with van der Waals surface area (Å²) in [6.45, 7) is 30.2. The maximum absolute atomic E-state index is 2.63. The first-order chi connectivity index (χ1) is 11.5. The predicted molar refractivity (Wildman–Crippen MR) is 124 cm³/mol.